The molecular weight excluding hydrogens is 244 g/mol. The zero-order valence-corrected chi connectivity index (χ0v) is 10.3. The van der Waals surface area contributed by atoms with Gasteiger partial charge < -0.3 is 10.5 Å². The topological polar surface area (TPSA) is 47.6 Å². The van der Waals surface area contributed by atoms with Crippen molar-refractivity contribution in [1.29, 1.82) is 0 Å². The van der Waals surface area contributed by atoms with Crippen molar-refractivity contribution >= 4 is 21.8 Å². The fourth-order valence-corrected chi connectivity index (χ4v) is 2.01. The minimum Gasteiger partial charge on any atom is -0.388 e. The Morgan fingerprint density at radius 1 is 1.64 bits per heavy atom. The highest BCUT2D eigenvalue weighted by molar-refractivity contribution is 9.09. The third-order valence-corrected chi connectivity index (χ3v) is 3.32. The number of hydrogen-bond acceptors (Lipinski definition) is 2. The normalized spacial score (nSPS) is 21.8. The largest absolute Gasteiger partial charge is 0.388 e. The van der Waals surface area contributed by atoms with E-state index in [1.807, 2.05) is 0 Å². The molecule has 4 heteroatoms. The highest BCUT2D eigenvalue weighted by Crippen LogP contribution is 2.40. The molecule has 0 amide bonds. The monoisotopic (exact) mass is 260 g/mol. The molecule has 0 bridgehead atoms. The highest BCUT2D eigenvalue weighted by Gasteiger charge is 2.32. The van der Waals surface area contributed by atoms with Gasteiger partial charge in [-0.25, -0.2) is 4.99 Å². The van der Waals surface area contributed by atoms with Crippen molar-refractivity contribution in [2.75, 3.05) is 7.11 Å². The minimum atomic E-state index is -0.256. The van der Waals surface area contributed by atoms with Crippen molar-refractivity contribution in [3.05, 3.63) is 12.2 Å². The van der Waals surface area contributed by atoms with Gasteiger partial charge in [0.2, 0.25) is 0 Å². The van der Waals surface area contributed by atoms with Crippen LogP contribution in [0.2, 0.25) is 0 Å². The summed E-state index contributed by atoms with van der Waals surface area (Å²) in [5.74, 6) is 1.18. The number of ether oxygens (including phenoxy) is 1. The van der Waals surface area contributed by atoms with E-state index in [1.54, 1.807) is 14.0 Å². The molecule has 0 aromatic rings. The maximum atomic E-state index is 5.52. The van der Waals surface area contributed by atoms with Crippen LogP contribution in [0, 0.1) is 5.92 Å². The van der Waals surface area contributed by atoms with Gasteiger partial charge in [-0.1, -0.05) is 28.1 Å². The molecule has 0 aromatic heterocycles. The molecule has 2 N–H and O–H groups in total. The van der Waals surface area contributed by atoms with E-state index < -0.39 is 0 Å². The van der Waals surface area contributed by atoms with E-state index in [-0.39, 0.29) is 11.1 Å². The SMILES string of the molecule is C=C(C1CC1)C(Br)C(N=C(C)N)OC. The van der Waals surface area contributed by atoms with Crippen LogP contribution in [0.4, 0.5) is 0 Å². The molecule has 1 fully saturated rings. The summed E-state index contributed by atoms with van der Waals surface area (Å²) in [5, 5.41) is 0. The lowest BCUT2D eigenvalue weighted by Gasteiger charge is -2.19. The summed E-state index contributed by atoms with van der Waals surface area (Å²) in [7, 11) is 1.63. The van der Waals surface area contributed by atoms with Gasteiger partial charge in [-0.2, -0.15) is 0 Å². The van der Waals surface area contributed by atoms with Gasteiger partial charge in [0.15, 0.2) is 6.23 Å². The Morgan fingerprint density at radius 2 is 2.21 bits per heavy atom. The van der Waals surface area contributed by atoms with Crippen LogP contribution in [0.1, 0.15) is 19.8 Å². The maximum absolute atomic E-state index is 5.52. The first-order valence-electron chi connectivity index (χ1n) is 4.71. The molecular formula is C10H17BrN2O. The number of methoxy groups -OCH3 is 1. The third-order valence-electron chi connectivity index (χ3n) is 2.28. The van der Waals surface area contributed by atoms with Crippen LogP contribution in [0.5, 0.6) is 0 Å². The number of nitrogens with zero attached hydrogens (tertiary/aromatic N) is 1. The molecule has 0 radical (unpaired) electrons. The lowest BCUT2D eigenvalue weighted by atomic mass is 10.1. The second-order valence-corrected chi connectivity index (χ2v) is 4.63. The van der Waals surface area contributed by atoms with Crippen LogP contribution in [-0.2, 0) is 4.74 Å². The van der Waals surface area contributed by atoms with Crippen molar-refractivity contribution in [2.24, 2.45) is 16.6 Å². The van der Waals surface area contributed by atoms with Crippen LogP contribution in [0.3, 0.4) is 0 Å². The van der Waals surface area contributed by atoms with Gasteiger partial charge in [-0.15, -0.1) is 0 Å². The van der Waals surface area contributed by atoms with Gasteiger partial charge in [-0.3, -0.25) is 0 Å². The number of nitrogens with two attached hydrogens (primary N) is 1. The Balaban J connectivity index is 2.58. The predicted octanol–water partition coefficient (Wildman–Crippen LogP) is 2.07. The summed E-state index contributed by atoms with van der Waals surface area (Å²) < 4.78 is 5.25. The molecule has 3 nitrogen and oxygen atoms in total. The van der Waals surface area contributed by atoms with Crippen molar-refractivity contribution in [3.8, 4) is 0 Å². The van der Waals surface area contributed by atoms with Crippen molar-refractivity contribution in [3.63, 3.8) is 0 Å². The van der Waals surface area contributed by atoms with Gasteiger partial charge in [0.25, 0.3) is 0 Å². The lowest BCUT2D eigenvalue weighted by molar-refractivity contribution is 0.115. The minimum absolute atomic E-state index is 0.0681. The van der Waals surface area contributed by atoms with E-state index in [9.17, 15) is 0 Å². The summed E-state index contributed by atoms with van der Waals surface area (Å²) in [4.78, 5) is 4.26. The number of aliphatic imine (C=N–C) groups is 1. The third kappa shape index (κ3) is 3.10. The molecule has 2 atom stereocenters. The molecule has 0 aromatic carbocycles. The molecule has 1 rings (SSSR count). The van der Waals surface area contributed by atoms with Gasteiger partial charge in [0, 0.05) is 7.11 Å². The highest BCUT2D eigenvalue weighted by atomic mass is 79.9. The number of hydrogen-bond donors (Lipinski definition) is 1. The first-order valence-corrected chi connectivity index (χ1v) is 5.63. The molecule has 80 valence electrons. The predicted molar refractivity (Wildman–Crippen MR) is 62.7 cm³/mol. The number of amidine groups is 1. The Labute approximate surface area is 93.5 Å². The Morgan fingerprint density at radius 3 is 2.57 bits per heavy atom. The Hall–Kier alpha value is -0.350. The zero-order chi connectivity index (χ0) is 10.7. The number of halogens is 1. The first kappa shape index (κ1) is 11.7. The standard InChI is InChI=1S/C10H17BrN2O/c1-6(8-4-5-8)9(11)10(14-3)13-7(2)12/h8-10H,1,4-5H2,2-3H3,(H2,12,13). The average Bonchev–Trinajstić information content (AvgIpc) is 2.94. The first-order chi connectivity index (χ1) is 6.56. The quantitative estimate of drug-likeness (QED) is 0.356. The Bertz CT molecular complexity index is 245. The van der Waals surface area contributed by atoms with Crippen LogP contribution in [-0.4, -0.2) is 24.0 Å². The molecule has 0 saturated heterocycles. The fraction of sp³-hybridized carbons (Fsp3) is 0.700. The average molecular weight is 261 g/mol. The van der Waals surface area contributed by atoms with Crippen LogP contribution in [0.25, 0.3) is 0 Å². The van der Waals surface area contributed by atoms with E-state index in [4.69, 9.17) is 10.5 Å². The van der Waals surface area contributed by atoms with Crippen LogP contribution < -0.4 is 5.73 Å². The van der Waals surface area contributed by atoms with Crippen LogP contribution >= 0.6 is 15.9 Å². The number of rotatable bonds is 5. The molecule has 2 unspecified atom stereocenters. The van der Waals surface area contributed by atoms with Crippen molar-refractivity contribution < 1.29 is 4.74 Å². The number of alkyl halides is 1. The molecule has 0 spiro atoms. The van der Waals surface area contributed by atoms with E-state index in [1.165, 1.54) is 18.4 Å². The van der Waals surface area contributed by atoms with Crippen molar-refractivity contribution in [2.45, 2.75) is 30.8 Å². The van der Waals surface area contributed by atoms with E-state index in [0.29, 0.717) is 11.8 Å². The van der Waals surface area contributed by atoms with Gasteiger partial charge in [0.05, 0.1) is 10.7 Å². The summed E-state index contributed by atoms with van der Waals surface area (Å²) >= 11 is 3.55. The summed E-state index contributed by atoms with van der Waals surface area (Å²) in [6, 6.07) is 0. The summed E-state index contributed by atoms with van der Waals surface area (Å²) in [6.45, 7) is 5.81. The second-order valence-electron chi connectivity index (χ2n) is 3.65. The van der Waals surface area contributed by atoms with Crippen molar-refractivity contribution in [1.82, 2.24) is 0 Å². The summed E-state index contributed by atoms with van der Waals surface area (Å²) in [5.41, 5.74) is 6.69. The molecule has 1 aliphatic carbocycles. The van der Waals surface area contributed by atoms with E-state index in [2.05, 4.69) is 27.5 Å². The Kier molecular flexibility index (Phi) is 4.13. The molecule has 1 aliphatic rings. The van der Waals surface area contributed by atoms with E-state index >= 15 is 0 Å². The zero-order valence-electron chi connectivity index (χ0n) is 8.66. The van der Waals surface area contributed by atoms with E-state index in [0.717, 1.165) is 0 Å². The lowest BCUT2D eigenvalue weighted by Crippen LogP contribution is -2.26. The molecule has 14 heavy (non-hydrogen) atoms. The van der Waals surface area contributed by atoms with Gasteiger partial charge >= 0.3 is 0 Å². The van der Waals surface area contributed by atoms with Gasteiger partial charge in [0.1, 0.15) is 0 Å². The van der Waals surface area contributed by atoms with Crippen LogP contribution in [0.15, 0.2) is 17.1 Å². The maximum Gasteiger partial charge on any atom is 0.165 e. The molecule has 0 heterocycles. The molecule has 1 saturated carbocycles. The fourth-order valence-electron chi connectivity index (χ4n) is 1.30. The second kappa shape index (κ2) is 4.94. The van der Waals surface area contributed by atoms with Gasteiger partial charge in [-0.05, 0) is 25.7 Å². The molecule has 0 aliphatic heterocycles. The smallest absolute Gasteiger partial charge is 0.165 e. The summed E-state index contributed by atoms with van der Waals surface area (Å²) in [6.07, 6.45) is 2.22.